The highest BCUT2D eigenvalue weighted by Crippen LogP contribution is 2.30. The van der Waals surface area contributed by atoms with Crippen LogP contribution in [-0.4, -0.2) is 26.5 Å². The van der Waals surface area contributed by atoms with Crippen LogP contribution in [0.2, 0.25) is 0 Å². The van der Waals surface area contributed by atoms with E-state index in [9.17, 15) is 4.79 Å². The van der Waals surface area contributed by atoms with E-state index in [1.807, 2.05) is 6.07 Å². The van der Waals surface area contributed by atoms with Crippen LogP contribution in [0.4, 0.5) is 0 Å². The van der Waals surface area contributed by atoms with E-state index in [4.69, 9.17) is 4.42 Å². The van der Waals surface area contributed by atoms with Crippen LogP contribution < -0.4 is 5.32 Å². The van der Waals surface area contributed by atoms with Crippen LogP contribution >= 0.6 is 0 Å². The average molecular weight is 233 g/mol. The van der Waals surface area contributed by atoms with Crippen LogP contribution in [0.1, 0.15) is 40.8 Å². The third kappa shape index (κ3) is 1.79. The number of carbonyl (C=O) groups is 1. The molecule has 0 saturated carbocycles. The molecular formula is C10H11N5O2. The van der Waals surface area contributed by atoms with Crippen molar-refractivity contribution in [3.8, 4) is 0 Å². The molecule has 0 bridgehead atoms. The zero-order valence-electron chi connectivity index (χ0n) is 9.01. The van der Waals surface area contributed by atoms with Crippen molar-refractivity contribution in [2.75, 3.05) is 0 Å². The molecule has 2 aromatic heterocycles. The number of rotatable bonds is 2. The molecule has 1 atom stereocenters. The molecule has 3 rings (SSSR count). The standard InChI is InChI=1S/C10H11N5O2/c16-10(9-12-14-15-13-9)11-7-2-1-3-8-6(7)4-5-17-8/h4-5,7H,1-3H2,(H,11,16)(H,12,13,14,15). The highest BCUT2D eigenvalue weighted by atomic mass is 16.3. The molecule has 1 unspecified atom stereocenters. The second-order valence-corrected chi connectivity index (χ2v) is 3.95. The van der Waals surface area contributed by atoms with Crippen molar-refractivity contribution in [3.05, 3.63) is 29.5 Å². The first-order chi connectivity index (χ1) is 8.34. The van der Waals surface area contributed by atoms with Gasteiger partial charge in [-0.25, -0.2) is 0 Å². The summed E-state index contributed by atoms with van der Waals surface area (Å²) in [5.74, 6) is 0.688. The lowest BCUT2D eigenvalue weighted by molar-refractivity contribution is 0.0921. The molecule has 1 amide bonds. The van der Waals surface area contributed by atoms with E-state index in [0.717, 1.165) is 30.6 Å². The average Bonchev–Trinajstić information content (AvgIpc) is 3.00. The Kier molecular flexibility index (Phi) is 2.36. The molecular weight excluding hydrogens is 222 g/mol. The second kappa shape index (κ2) is 4.00. The van der Waals surface area contributed by atoms with Crippen LogP contribution in [0.15, 0.2) is 16.7 Å². The Morgan fingerprint density at radius 3 is 3.35 bits per heavy atom. The summed E-state index contributed by atoms with van der Waals surface area (Å²) in [6.45, 7) is 0. The number of amides is 1. The number of hydrogen-bond acceptors (Lipinski definition) is 5. The molecule has 17 heavy (non-hydrogen) atoms. The number of tetrazole rings is 1. The first-order valence-corrected chi connectivity index (χ1v) is 5.45. The van der Waals surface area contributed by atoms with Crippen molar-refractivity contribution in [3.63, 3.8) is 0 Å². The molecule has 0 spiro atoms. The Morgan fingerprint density at radius 1 is 1.59 bits per heavy atom. The molecule has 88 valence electrons. The van der Waals surface area contributed by atoms with E-state index < -0.39 is 0 Å². The molecule has 0 aliphatic heterocycles. The van der Waals surface area contributed by atoms with Gasteiger partial charge in [-0.1, -0.05) is 0 Å². The van der Waals surface area contributed by atoms with Gasteiger partial charge in [0.25, 0.3) is 11.7 Å². The SMILES string of the molecule is O=C(NC1CCCc2occc21)c1nn[nH]n1. The smallest absolute Gasteiger partial charge is 0.293 e. The van der Waals surface area contributed by atoms with Gasteiger partial charge in [-0.3, -0.25) is 4.79 Å². The van der Waals surface area contributed by atoms with Crippen molar-refractivity contribution in [1.29, 1.82) is 0 Å². The van der Waals surface area contributed by atoms with Crippen molar-refractivity contribution < 1.29 is 9.21 Å². The summed E-state index contributed by atoms with van der Waals surface area (Å²) in [7, 11) is 0. The number of aryl methyl sites for hydroxylation is 1. The predicted molar refractivity (Wildman–Crippen MR) is 56.0 cm³/mol. The zero-order valence-corrected chi connectivity index (χ0v) is 9.01. The summed E-state index contributed by atoms with van der Waals surface area (Å²) in [5.41, 5.74) is 1.05. The maximum Gasteiger partial charge on any atom is 0.293 e. The Bertz CT molecular complexity index is 519. The normalized spacial score (nSPS) is 18.7. The lowest BCUT2D eigenvalue weighted by Gasteiger charge is -2.21. The van der Waals surface area contributed by atoms with Gasteiger partial charge in [0.15, 0.2) is 0 Å². The maximum absolute atomic E-state index is 11.8. The van der Waals surface area contributed by atoms with E-state index in [1.165, 1.54) is 0 Å². The van der Waals surface area contributed by atoms with Gasteiger partial charge >= 0.3 is 0 Å². The molecule has 1 aliphatic rings. The van der Waals surface area contributed by atoms with Crippen LogP contribution in [0.5, 0.6) is 0 Å². The molecule has 2 N–H and O–H groups in total. The summed E-state index contributed by atoms with van der Waals surface area (Å²) >= 11 is 0. The largest absolute Gasteiger partial charge is 0.469 e. The second-order valence-electron chi connectivity index (χ2n) is 3.95. The Morgan fingerprint density at radius 2 is 2.53 bits per heavy atom. The highest BCUT2D eigenvalue weighted by molar-refractivity contribution is 5.90. The summed E-state index contributed by atoms with van der Waals surface area (Å²) in [5, 5.41) is 15.8. The summed E-state index contributed by atoms with van der Waals surface area (Å²) < 4.78 is 5.36. The Hall–Kier alpha value is -2.18. The molecule has 7 nitrogen and oxygen atoms in total. The van der Waals surface area contributed by atoms with Gasteiger partial charge in [0.05, 0.1) is 12.3 Å². The lowest BCUT2D eigenvalue weighted by atomic mass is 9.93. The third-order valence-corrected chi connectivity index (χ3v) is 2.91. The minimum Gasteiger partial charge on any atom is -0.469 e. The highest BCUT2D eigenvalue weighted by Gasteiger charge is 2.25. The minimum atomic E-state index is -0.321. The molecule has 0 radical (unpaired) electrons. The number of furan rings is 1. The monoisotopic (exact) mass is 233 g/mol. The van der Waals surface area contributed by atoms with E-state index in [0.29, 0.717) is 0 Å². The van der Waals surface area contributed by atoms with Gasteiger partial charge < -0.3 is 9.73 Å². The summed E-state index contributed by atoms with van der Waals surface area (Å²) in [6, 6.07) is 1.87. The number of aromatic nitrogens is 4. The first-order valence-electron chi connectivity index (χ1n) is 5.45. The minimum absolute atomic E-state index is 0.0245. The number of nitrogens with zero attached hydrogens (tertiary/aromatic N) is 3. The predicted octanol–water partition coefficient (Wildman–Crippen LogP) is 0.600. The van der Waals surface area contributed by atoms with Crippen molar-refractivity contribution in [2.45, 2.75) is 25.3 Å². The maximum atomic E-state index is 11.8. The van der Waals surface area contributed by atoms with Crippen LogP contribution in [0, 0.1) is 0 Å². The topological polar surface area (TPSA) is 96.7 Å². The fourth-order valence-corrected chi connectivity index (χ4v) is 2.12. The molecule has 2 aromatic rings. The molecule has 0 fully saturated rings. The van der Waals surface area contributed by atoms with Crippen LogP contribution in [0.25, 0.3) is 0 Å². The van der Waals surface area contributed by atoms with Gasteiger partial charge in [-0.2, -0.15) is 5.21 Å². The fraction of sp³-hybridized carbons (Fsp3) is 0.400. The van der Waals surface area contributed by atoms with Crippen molar-refractivity contribution in [1.82, 2.24) is 25.9 Å². The van der Waals surface area contributed by atoms with Crippen molar-refractivity contribution >= 4 is 5.91 Å². The molecule has 7 heteroatoms. The first kappa shape index (κ1) is 10.0. The Balaban J connectivity index is 1.77. The number of nitrogens with one attached hydrogen (secondary N) is 2. The van der Waals surface area contributed by atoms with Gasteiger partial charge in [0, 0.05) is 12.0 Å². The van der Waals surface area contributed by atoms with Crippen LogP contribution in [-0.2, 0) is 6.42 Å². The van der Waals surface area contributed by atoms with E-state index >= 15 is 0 Å². The number of carbonyl (C=O) groups excluding carboxylic acids is 1. The zero-order chi connectivity index (χ0) is 11.7. The number of fused-ring (bicyclic) bond motifs is 1. The molecule has 0 saturated heterocycles. The van der Waals surface area contributed by atoms with Crippen LogP contribution in [0.3, 0.4) is 0 Å². The lowest BCUT2D eigenvalue weighted by Crippen LogP contribution is -2.31. The molecule has 0 aromatic carbocycles. The third-order valence-electron chi connectivity index (χ3n) is 2.91. The molecule has 2 heterocycles. The van der Waals surface area contributed by atoms with Crippen molar-refractivity contribution in [2.24, 2.45) is 0 Å². The number of aromatic amines is 1. The fourth-order valence-electron chi connectivity index (χ4n) is 2.12. The number of hydrogen-bond donors (Lipinski definition) is 2. The summed E-state index contributed by atoms with van der Waals surface area (Å²) in [6.07, 6.45) is 4.48. The molecule has 1 aliphatic carbocycles. The van der Waals surface area contributed by atoms with E-state index in [-0.39, 0.29) is 17.8 Å². The van der Waals surface area contributed by atoms with E-state index in [2.05, 4.69) is 25.9 Å². The quantitative estimate of drug-likeness (QED) is 0.791. The van der Waals surface area contributed by atoms with Gasteiger partial charge in [0.2, 0.25) is 0 Å². The van der Waals surface area contributed by atoms with E-state index in [1.54, 1.807) is 6.26 Å². The summed E-state index contributed by atoms with van der Waals surface area (Å²) in [4.78, 5) is 11.8. The number of H-pyrrole nitrogens is 1. The Labute approximate surface area is 96.6 Å². The van der Waals surface area contributed by atoms with Gasteiger partial charge in [0.1, 0.15) is 5.76 Å². The van der Waals surface area contributed by atoms with Gasteiger partial charge in [-0.05, 0) is 24.1 Å². The van der Waals surface area contributed by atoms with Gasteiger partial charge in [-0.15, -0.1) is 10.2 Å².